The number of rotatable bonds is 6. The zero-order valence-corrected chi connectivity index (χ0v) is 15.5. The van der Waals surface area contributed by atoms with Gasteiger partial charge in [-0.05, 0) is 30.7 Å². The third-order valence-corrected chi connectivity index (χ3v) is 6.17. The van der Waals surface area contributed by atoms with Gasteiger partial charge in [-0.15, -0.1) is 0 Å². The van der Waals surface area contributed by atoms with Crippen molar-refractivity contribution in [2.75, 3.05) is 25.7 Å². The first-order chi connectivity index (χ1) is 12.4. The molecule has 8 heteroatoms. The Hall–Kier alpha value is -2.48. The fourth-order valence-corrected chi connectivity index (χ4v) is 4.79. The molecule has 7 nitrogen and oxygen atoms in total. The van der Waals surface area contributed by atoms with E-state index in [0.717, 1.165) is 0 Å². The Labute approximate surface area is 152 Å². The molecule has 140 valence electrons. The van der Waals surface area contributed by atoms with Crippen LogP contribution in [-0.2, 0) is 16.4 Å². The normalized spacial score (nSPS) is 18.5. The van der Waals surface area contributed by atoms with Crippen LogP contribution in [0, 0.1) is 0 Å². The van der Waals surface area contributed by atoms with E-state index in [2.05, 4.69) is 0 Å². The summed E-state index contributed by atoms with van der Waals surface area (Å²) in [5.41, 5.74) is 0.372. The molecule has 1 aliphatic heterocycles. The molecule has 0 bridgehead atoms. The number of ether oxygens (including phenoxy) is 2. The topological polar surface area (TPSA) is 86.1 Å². The first-order valence-electron chi connectivity index (χ1n) is 8.18. The highest BCUT2D eigenvalue weighted by molar-refractivity contribution is 7.91. The molecule has 0 spiro atoms. The van der Waals surface area contributed by atoms with Crippen LogP contribution in [0.3, 0.4) is 0 Å². The molecule has 1 atom stereocenters. The molecule has 1 aliphatic rings. The summed E-state index contributed by atoms with van der Waals surface area (Å²) in [7, 11) is -0.120. The Balaban J connectivity index is 1.94. The molecule has 2 heterocycles. The van der Waals surface area contributed by atoms with Gasteiger partial charge in [0.15, 0.2) is 9.84 Å². The molecule has 2 aromatic rings. The fraction of sp³-hybridized carbons (Fsp3) is 0.389. The first kappa shape index (κ1) is 18.3. The maximum absolute atomic E-state index is 13.2. The van der Waals surface area contributed by atoms with Gasteiger partial charge in [-0.25, -0.2) is 8.42 Å². The van der Waals surface area contributed by atoms with Gasteiger partial charge < -0.3 is 18.8 Å². The zero-order valence-electron chi connectivity index (χ0n) is 14.7. The lowest BCUT2D eigenvalue weighted by atomic mass is 10.1. The molecular formula is C18H21NO6S. The molecule has 0 N–H and O–H groups in total. The quantitative estimate of drug-likeness (QED) is 0.764. The minimum Gasteiger partial charge on any atom is -0.497 e. The molecule has 1 amide bonds. The first-order valence-corrected chi connectivity index (χ1v) is 10.0. The highest BCUT2D eigenvalue weighted by atomic mass is 32.2. The Bertz CT molecular complexity index is 853. The fourth-order valence-electron chi connectivity index (χ4n) is 3.06. The second-order valence-corrected chi connectivity index (χ2v) is 8.40. The largest absolute Gasteiger partial charge is 0.497 e. The van der Waals surface area contributed by atoms with E-state index in [1.807, 2.05) is 0 Å². The molecule has 26 heavy (non-hydrogen) atoms. The van der Waals surface area contributed by atoms with Gasteiger partial charge in [0, 0.05) is 17.7 Å². The van der Waals surface area contributed by atoms with E-state index in [0.29, 0.717) is 29.2 Å². The average molecular weight is 379 g/mol. The van der Waals surface area contributed by atoms with Crippen LogP contribution in [0.15, 0.2) is 41.0 Å². The van der Waals surface area contributed by atoms with E-state index in [1.165, 1.54) is 20.5 Å². The van der Waals surface area contributed by atoms with Crippen LogP contribution in [0.1, 0.15) is 22.5 Å². The summed E-state index contributed by atoms with van der Waals surface area (Å²) >= 11 is 0. The third kappa shape index (κ3) is 4.01. The van der Waals surface area contributed by atoms with Gasteiger partial charge in [0.05, 0.1) is 38.5 Å². The monoisotopic (exact) mass is 379 g/mol. The van der Waals surface area contributed by atoms with Crippen LogP contribution in [0.25, 0.3) is 0 Å². The SMILES string of the molecule is COc1cc(OC)cc(C(=O)N(Cc2ccco2)[C@@H]2CCS(=O)(=O)C2)c1. The van der Waals surface area contributed by atoms with Gasteiger partial charge in [-0.3, -0.25) is 4.79 Å². The molecule has 1 aromatic carbocycles. The van der Waals surface area contributed by atoms with Crippen molar-refractivity contribution in [3.05, 3.63) is 47.9 Å². The van der Waals surface area contributed by atoms with Crippen LogP contribution in [-0.4, -0.2) is 51.0 Å². The Morgan fingerprint density at radius 2 is 1.92 bits per heavy atom. The predicted octanol–water partition coefficient (Wildman–Crippen LogP) is 2.13. The Morgan fingerprint density at radius 3 is 2.42 bits per heavy atom. The maximum atomic E-state index is 13.2. The van der Waals surface area contributed by atoms with Crippen LogP contribution >= 0.6 is 0 Å². The highest BCUT2D eigenvalue weighted by Gasteiger charge is 2.35. The number of nitrogens with zero attached hydrogens (tertiary/aromatic N) is 1. The van der Waals surface area contributed by atoms with Crippen molar-refractivity contribution in [2.45, 2.75) is 19.0 Å². The standard InChI is InChI=1S/C18H21NO6S/c1-23-16-8-13(9-17(10-16)24-2)18(20)19(11-15-4-3-6-25-15)14-5-7-26(21,22)12-14/h3-4,6,8-10,14H,5,7,11-12H2,1-2H3/t14-/m1/s1. The van der Waals surface area contributed by atoms with E-state index in [4.69, 9.17) is 13.9 Å². The van der Waals surface area contributed by atoms with Gasteiger partial charge in [-0.2, -0.15) is 0 Å². The van der Waals surface area contributed by atoms with Crippen molar-refractivity contribution in [3.63, 3.8) is 0 Å². The molecule has 1 fully saturated rings. The van der Waals surface area contributed by atoms with E-state index >= 15 is 0 Å². The Kier molecular flexibility index (Phi) is 5.22. The number of carbonyl (C=O) groups excluding carboxylic acids is 1. The number of methoxy groups -OCH3 is 2. The molecule has 3 rings (SSSR count). The summed E-state index contributed by atoms with van der Waals surface area (Å²) in [5.74, 6) is 1.33. The van der Waals surface area contributed by atoms with Gasteiger partial charge in [0.2, 0.25) is 0 Å². The lowest BCUT2D eigenvalue weighted by Crippen LogP contribution is -2.40. The molecule has 0 unspecified atom stereocenters. The smallest absolute Gasteiger partial charge is 0.254 e. The van der Waals surface area contributed by atoms with Gasteiger partial charge in [0.1, 0.15) is 17.3 Å². The highest BCUT2D eigenvalue weighted by Crippen LogP contribution is 2.27. The van der Waals surface area contributed by atoms with Crippen molar-refractivity contribution < 1.29 is 27.1 Å². The van der Waals surface area contributed by atoms with Gasteiger partial charge in [0.25, 0.3) is 5.91 Å². The predicted molar refractivity (Wildman–Crippen MR) is 95.2 cm³/mol. The summed E-state index contributed by atoms with van der Waals surface area (Å²) in [6, 6.07) is 8.00. The summed E-state index contributed by atoms with van der Waals surface area (Å²) in [6.45, 7) is 0.200. The lowest BCUT2D eigenvalue weighted by Gasteiger charge is -2.27. The van der Waals surface area contributed by atoms with Crippen molar-refractivity contribution in [3.8, 4) is 11.5 Å². The number of furan rings is 1. The number of hydrogen-bond donors (Lipinski definition) is 0. The zero-order chi connectivity index (χ0) is 18.7. The molecule has 0 radical (unpaired) electrons. The summed E-state index contributed by atoms with van der Waals surface area (Å²) in [6.07, 6.45) is 1.94. The van der Waals surface area contributed by atoms with E-state index in [1.54, 1.807) is 35.2 Å². The second kappa shape index (κ2) is 7.41. The number of hydrogen-bond acceptors (Lipinski definition) is 6. The Morgan fingerprint density at radius 1 is 1.23 bits per heavy atom. The molecule has 0 aliphatic carbocycles. The number of benzene rings is 1. The van der Waals surface area contributed by atoms with Crippen LogP contribution in [0.5, 0.6) is 11.5 Å². The minimum absolute atomic E-state index is 0.0411. The maximum Gasteiger partial charge on any atom is 0.254 e. The lowest BCUT2D eigenvalue weighted by molar-refractivity contribution is 0.0665. The van der Waals surface area contributed by atoms with Crippen LogP contribution < -0.4 is 9.47 Å². The van der Waals surface area contributed by atoms with Gasteiger partial charge >= 0.3 is 0 Å². The summed E-state index contributed by atoms with van der Waals surface area (Å²) in [4.78, 5) is 14.7. The van der Waals surface area contributed by atoms with E-state index < -0.39 is 15.9 Å². The third-order valence-electron chi connectivity index (χ3n) is 4.41. The average Bonchev–Trinajstić information content (AvgIpc) is 3.27. The molecule has 1 aromatic heterocycles. The summed E-state index contributed by atoms with van der Waals surface area (Å²) < 4.78 is 39.6. The molecule has 0 saturated carbocycles. The van der Waals surface area contributed by atoms with Crippen molar-refractivity contribution >= 4 is 15.7 Å². The van der Waals surface area contributed by atoms with E-state index in [9.17, 15) is 13.2 Å². The van der Waals surface area contributed by atoms with Crippen molar-refractivity contribution in [2.24, 2.45) is 0 Å². The van der Waals surface area contributed by atoms with Gasteiger partial charge in [-0.1, -0.05) is 0 Å². The van der Waals surface area contributed by atoms with Crippen molar-refractivity contribution in [1.82, 2.24) is 4.90 Å². The van der Waals surface area contributed by atoms with E-state index in [-0.39, 0.29) is 24.0 Å². The minimum atomic E-state index is -3.13. The second-order valence-electron chi connectivity index (χ2n) is 6.17. The number of carbonyl (C=O) groups is 1. The van der Waals surface area contributed by atoms with Crippen LogP contribution in [0.4, 0.5) is 0 Å². The van der Waals surface area contributed by atoms with Crippen molar-refractivity contribution in [1.29, 1.82) is 0 Å². The molecule has 1 saturated heterocycles. The van der Waals surface area contributed by atoms with Crippen LogP contribution in [0.2, 0.25) is 0 Å². The molecular weight excluding hydrogens is 358 g/mol. The number of amides is 1. The summed E-state index contributed by atoms with van der Waals surface area (Å²) in [5, 5.41) is 0. The number of sulfone groups is 1.